The van der Waals surface area contributed by atoms with Gasteiger partial charge in [0, 0.05) is 19.5 Å². The van der Waals surface area contributed by atoms with Crippen molar-refractivity contribution < 1.29 is 14.7 Å². The predicted octanol–water partition coefficient (Wildman–Crippen LogP) is -0.114. The van der Waals surface area contributed by atoms with Crippen LogP contribution in [0, 0.1) is 0 Å². The molecule has 1 unspecified atom stereocenters. The fourth-order valence-corrected chi connectivity index (χ4v) is 1.51. The van der Waals surface area contributed by atoms with Crippen molar-refractivity contribution >= 4 is 11.8 Å². The van der Waals surface area contributed by atoms with Crippen molar-refractivity contribution in [1.29, 1.82) is 0 Å². The number of amides is 2. The van der Waals surface area contributed by atoms with E-state index in [2.05, 4.69) is 5.32 Å². The van der Waals surface area contributed by atoms with Crippen molar-refractivity contribution in [3.8, 4) is 0 Å². The average molecular weight is 228 g/mol. The van der Waals surface area contributed by atoms with E-state index in [4.69, 9.17) is 0 Å². The van der Waals surface area contributed by atoms with Crippen LogP contribution in [0.15, 0.2) is 0 Å². The van der Waals surface area contributed by atoms with Gasteiger partial charge in [0.2, 0.25) is 11.8 Å². The van der Waals surface area contributed by atoms with Crippen LogP contribution in [0.2, 0.25) is 0 Å². The van der Waals surface area contributed by atoms with Crippen LogP contribution in [-0.4, -0.2) is 47.1 Å². The van der Waals surface area contributed by atoms with Gasteiger partial charge in [-0.3, -0.25) is 9.59 Å². The zero-order valence-corrected chi connectivity index (χ0v) is 9.95. The summed E-state index contributed by atoms with van der Waals surface area (Å²) in [6, 6.07) is 0. The monoisotopic (exact) mass is 228 g/mol. The van der Waals surface area contributed by atoms with E-state index in [0.717, 1.165) is 6.42 Å². The molecule has 1 aliphatic rings. The van der Waals surface area contributed by atoms with Crippen LogP contribution < -0.4 is 5.32 Å². The SMILES string of the molecule is CCC(C)(O)CNC(=O)CN1CCCC1=O. The van der Waals surface area contributed by atoms with Crippen LogP contribution in [0.1, 0.15) is 33.1 Å². The maximum absolute atomic E-state index is 11.5. The van der Waals surface area contributed by atoms with Gasteiger partial charge in [-0.05, 0) is 19.8 Å². The van der Waals surface area contributed by atoms with E-state index in [0.29, 0.717) is 19.4 Å². The first kappa shape index (κ1) is 13.0. The second-order valence-electron chi connectivity index (χ2n) is 4.55. The van der Waals surface area contributed by atoms with Crippen LogP contribution in [0.3, 0.4) is 0 Å². The van der Waals surface area contributed by atoms with E-state index in [1.165, 1.54) is 0 Å². The summed E-state index contributed by atoms with van der Waals surface area (Å²) in [7, 11) is 0. The Labute approximate surface area is 95.8 Å². The first-order chi connectivity index (χ1) is 7.44. The molecule has 92 valence electrons. The third-order valence-corrected chi connectivity index (χ3v) is 2.93. The van der Waals surface area contributed by atoms with E-state index in [-0.39, 0.29) is 24.9 Å². The zero-order valence-electron chi connectivity index (χ0n) is 9.95. The van der Waals surface area contributed by atoms with Crippen LogP contribution in [-0.2, 0) is 9.59 Å². The molecular weight excluding hydrogens is 208 g/mol. The number of aliphatic hydroxyl groups is 1. The number of carbonyl (C=O) groups is 2. The molecule has 1 rings (SSSR count). The summed E-state index contributed by atoms with van der Waals surface area (Å²) in [5, 5.41) is 12.3. The topological polar surface area (TPSA) is 69.6 Å². The lowest BCUT2D eigenvalue weighted by Gasteiger charge is -2.22. The second kappa shape index (κ2) is 5.30. The van der Waals surface area contributed by atoms with Crippen LogP contribution >= 0.6 is 0 Å². The molecule has 0 saturated carbocycles. The molecule has 2 N–H and O–H groups in total. The van der Waals surface area contributed by atoms with Crippen LogP contribution in [0.25, 0.3) is 0 Å². The second-order valence-corrected chi connectivity index (χ2v) is 4.55. The Morgan fingerprint density at radius 3 is 2.81 bits per heavy atom. The van der Waals surface area contributed by atoms with Crippen molar-refractivity contribution in [2.45, 2.75) is 38.7 Å². The highest BCUT2D eigenvalue weighted by atomic mass is 16.3. The molecule has 1 atom stereocenters. The molecule has 2 amide bonds. The number of likely N-dealkylation sites (tertiary alicyclic amines) is 1. The summed E-state index contributed by atoms with van der Waals surface area (Å²) < 4.78 is 0. The Morgan fingerprint density at radius 1 is 1.62 bits per heavy atom. The standard InChI is InChI=1S/C11H20N2O3/c1-3-11(2,16)8-12-9(14)7-13-6-4-5-10(13)15/h16H,3-8H2,1-2H3,(H,12,14). The average Bonchev–Trinajstić information content (AvgIpc) is 2.62. The Balaban J connectivity index is 2.28. The van der Waals surface area contributed by atoms with Gasteiger partial charge in [-0.2, -0.15) is 0 Å². The van der Waals surface area contributed by atoms with Gasteiger partial charge < -0.3 is 15.3 Å². The molecule has 1 fully saturated rings. The molecule has 16 heavy (non-hydrogen) atoms. The smallest absolute Gasteiger partial charge is 0.239 e. The van der Waals surface area contributed by atoms with Gasteiger partial charge in [-0.1, -0.05) is 6.92 Å². The molecule has 0 aromatic heterocycles. The third-order valence-electron chi connectivity index (χ3n) is 2.93. The zero-order chi connectivity index (χ0) is 12.2. The van der Waals surface area contributed by atoms with Gasteiger partial charge >= 0.3 is 0 Å². The largest absolute Gasteiger partial charge is 0.388 e. The molecule has 0 aliphatic carbocycles. The molecule has 1 aliphatic heterocycles. The molecule has 5 nitrogen and oxygen atoms in total. The maximum atomic E-state index is 11.5. The van der Waals surface area contributed by atoms with E-state index >= 15 is 0 Å². The number of nitrogens with one attached hydrogen (secondary N) is 1. The first-order valence-corrected chi connectivity index (χ1v) is 5.71. The third kappa shape index (κ3) is 3.81. The molecule has 1 saturated heterocycles. The number of rotatable bonds is 5. The van der Waals surface area contributed by atoms with Gasteiger partial charge in [0.05, 0.1) is 12.1 Å². The maximum Gasteiger partial charge on any atom is 0.239 e. The summed E-state index contributed by atoms with van der Waals surface area (Å²) in [5.41, 5.74) is -0.870. The van der Waals surface area contributed by atoms with E-state index < -0.39 is 5.60 Å². The van der Waals surface area contributed by atoms with Gasteiger partial charge in [0.25, 0.3) is 0 Å². The highest BCUT2D eigenvalue weighted by molar-refractivity contribution is 5.85. The Hall–Kier alpha value is -1.10. The number of carbonyl (C=O) groups excluding carboxylic acids is 2. The molecular formula is C11H20N2O3. The minimum Gasteiger partial charge on any atom is -0.388 e. The lowest BCUT2D eigenvalue weighted by molar-refractivity contribution is -0.133. The summed E-state index contributed by atoms with van der Waals surface area (Å²) >= 11 is 0. The highest BCUT2D eigenvalue weighted by Gasteiger charge is 2.23. The van der Waals surface area contributed by atoms with Crippen molar-refractivity contribution in [3.05, 3.63) is 0 Å². The Kier molecular flexibility index (Phi) is 4.29. The van der Waals surface area contributed by atoms with Gasteiger partial charge in [0.1, 0.15) is 0 Å². The van der Waals surface area contributed by atoms with Gasteiger partial charge in [-0.25, -0.2) is 0 Å². The minimum atomic E-state index is -0.870. The van der Waals surface area contributed by atoms with Crippen LogP contribution in [0.5, 0.6) is 0 Å². The van der Waals surface area contributed by atoms with Crippen LogP contribution in [0.4, 0.5) is 0 Å². The fraction of sp³-hybridized carbons (Fsp3) is 0.818. The molecule has 5 heteroatoms. The number of hydrogen-bond donors (Lipinski definition) is 2. The van der Waals surface area contributed by atoms with E-state index in [9.17, 15) is 14.7 Å². The lowest BCUT2D eigenvalue weighted by atomic mass is 10.0. The summed E-state index contributed by atoms with van der Waals surface area (Å²) in [4.78, 5) is 24.3. The lowest BCUT2D eigenvalue weighted by Crippen LogP contribution is -2.44. The summed E-state index contributed by atoms with van der Waals surface area (Å²) in [5.74, 6) is -0.165. The van der Waals surface area contributed by atoms with Gasteiger partial charge in [-0.15, -0.1) is 0 Å². The normalized spacial score (nSPS) is 19.7. The van der Waals surface area contributed by atoms with E-state index in [1.54, 1.807) is 11.8 Å². The number of nitrogens with zero attached hydrogens (tertiary/aromatic N) is 1. The molecule has 0 spiro atoms. The quantitative estimate of drug-likeness (QED) is 0.689. The summed E-state index contributed by atoms with van der Waals surface area (Å²) in [6.07, 6.45) is 1.95. The van der Waals surface area contributed by atoms with Gasteiger partial charge in [0.15, 0.2) is 0 Å². The molecule has 0 radical (unpaired) electrons. The minimum absolute atomic E-state index is 0.0393. The van der Waals surface area contributed by atoms with Crippen molar-refractivity contribution in [2.75, 3.05) is 19.6 Å². The predicted molar refractivity (Wildman–Crippen MR) is 59.7 cm³/mol. The Morgan fingerprint density at radius 2 is 2.31 bits per heavy atom. The Bertz CT molecular complexity index is 276. The van der Waals surface area contributed by atoms with Crippen molar-refractivity contribution in [2.24, 2.45) is 0 Å². The first-order valence-electron chi connectivity index (χ1n) is 5.71. The molecule has 0 aromatic rings. The molecule has 0 bridgehead atoms. The van der Waals surface area contributed by atoms with Crippen molar-refractivity contribution in [1.82, 2.24) is 10.2 Å². The molecule has 1 heterocycles. The number of hydrogen-bond acceptors (Lipinski definition) is 3. The fourth-order valence-electron chi connectivity index (χ4n) is 1.51. The van der Waals surface area contributed by atoms with E-state index in [1.807, 2.05) is 6.92 Å². The highest BCUT2D eigenvalue weighted by Crippen LogP contribution is 2.09. The molecule has 0 aromatic carbocycles. The van der Waals surface area contributed by atoms with Crippen molar-refractivity contribution in [3.63, 3.8) is 0 Å². The summed E-state index contributed by atoms with van der Waals surface area (Å²) in [6.45, 7) is 4.53.